The lowest BCUT2D eigenvalue weighted by Gasteiger charge is -2.32. The topological polar surface area (TPSA) is 120 Å². The van der Waals surface area contributed by atoms with Gasteiger partial charge in [-0.3, -0.25) is 9.59 Å². The van der Waals surface area contributed by atoms with E-state index in [9.17, 15) is 19.2 Å². The van der Waals surface area contributed by atoms with Crippen molar-refractivity contribution in [3.05, 3.63) is 77.4 Å². The van der Waals surface area contributed by atoms with Crippen LogP contribution in [0.15, 0.2) is 60.7 Å². The molecule has 0 spiro atoms. The fourth-order valence-electron chi connectivity index (χ4n) is 5.46. The third kappa shape index (κ3) is 12.7. The number of esters is 3. The standard InChI is InChI=1S/C38H51FN2O8/c1-25(2)21-31(40-6)35(43)48-26(3)34(42)41(7)32(23-38(4,5)39)36(44)49-33(37(45)47-24-28-11-9-8-10-12-28)22-27-13-15-29(16-14-27)30-17-19-46-20-18-30/h8-17,25-26,31-33,40H,18-24H2,1-7H3/t26-,31+,32+,33-/m1/s1. The van der Waals surface area contributed by atoms with Gasteiger partial charge in [-0.2, -0.15) is 0 Å². The van der Waals surface area contributed by atoms with E-state index in [4.69, 9.17) is 18.9 Å². The summed E-state index contributed by atoms with van der Waals surface area (Å²) in [7, 11) is 2.95. The number of nitrogens with zero attached hydrogens (tertiary/aromatic N) is 1. The SMILES string of the molecule is CN[C@@H](CC(C)C)C(=O)O[C@H](C)C(=O)N(C)[C@@H](CC(C)(C)F)C(=O)O[C@H](Cc1ccc(C2=CCOCC2)cc1)C(=O)OCc1ccccc1. The van der Waals surface area contributed by atoms with Gasteiger partial charge in [0.05, 0.1) is 13.2 Å². The minimum atomic E-state index is -1.90. The molecular weight excluding hydrogens is 631 g/mol. The molecule has 49 heavy (non-hydrogen) atoms. The molecule has 1 aliphatic heterocycles. The van der Waals surface area contributed by atoms with E-state index >= 15 is 4.39 Å². The number of amides is 1. The monoisotopic (exact) mass is 682 g/mol. The molecule has 2 aromatic carbocycles. The highest BCUT2D eigenvalue weighted by molar-refractivity contribution is 5.89. The van der Waals surface area contributed by atoms with Gasteiger partial charge >= 0.3 is 17.9 Å². The first-order valence-electron chi connectivity index (χ1n) is 16.8. The fourth-order valence-corrected chi connectivity index (χ4v) is 5.46. The van der Waals surface area contributed by atoms with Crippen molar-refractivity contribution < 1.29 is 42.5 Å². The highest BCUT2D eigenvalue weighted by atomic mass is 19.1. The second-order valence-electron chi connectivity index (χ2n) is 13.4. The first-order chi connectivity index (χ1) is 23.2. The largest absolute Gasteiger partial charge is 0.458 e. The third-order valence-electron chi connectivity index (χ3n) is 8.20. The molecule has 0 unspecified atom stereocenters. The average molecular weight is 683 g/mol. The van der Waals surface area contributed by atoms with Gasteiger partial charge in [0.25, 0.3) is 5.91 Å². The van der Waals surface area contributed by atoms with Crippen molar-refractivity contribution in [1.82, 2.24) is 10.2 Å². The van der Waals surface area contributed by atoms with E-state index in [1.54, 1.807) is 19.2 Å². The second kappa shape index (κ2) is 18.6. The number of rotatable bonds is 17. The van der Waals surface area contributed by atoms with Gasteiger partial charge in [0, 0.05) is 19.9 Å². The average Bonchev–Trinajstić information content (AvgIpc) is 3.08. The molecule has 0 aromatic heterocycles. The Morgan fingerprint density at radius 1 is 0.939 bits per heavy atom. The number of hydrogen-bond donors (Lipinski definition) is 1. The van der Waals surface area contributed by atoms with Gasteiger partial charge in [0.2, 0.25) is 6.10 Å². The molecule has 0 saturated carbocycles. The lowest BCUT2D eigenvalue weighted by Crippen LogP contribution is -2.51. The van der Waals surface area contributed by atoms with Crippen LogP contribution in [-0.2, 0) is 51.2 Å². The van der Waals surface area contributed by atoms with Crippen LogP contribution in [0.25, 0.3) is 5.57 Å². The number of alkyl halides is 1. The van der Waals surface area contributed by atoms with Crippen LogP contribution in [0.4, 0.5) is 4.39 Å². The molecule has 3 rings (SSSR count). The molecule has 0 saturated heterocycles. The zero-order chi connectivity index (χ0) is 36.1. The molecule has 0 fully saturated rings. The minimum absolute atomic E-state index is 0.0134. The van der Waals surface area contributed by atoms with Crippen LogP contribution in [-0.4, -0.2) is 86.0 Å². The molecule has 4 atom stereocenters. The van der Waals surface area contributed by atoms with Crippen LogP contribution in [0.5, 0.6) is 0 Å². The number of nitrogens with one attached hydrogen (secondary N) is 1. The summed E-state index contributed by atoms with van der Waals surface area (Å²) in [5.74, 6) is -2.92. The fraction of sp³-hybridized carbons (Fsp3) is 0.526. The van der Waals surface area contributed by atoms with Gasteiger partial charge in [-0.1, -0.05) is 74.5 Å². The molecule has 0 radical (unpaired) electrons. The Labute approximate surface area is 289 Å². The van der Waals surface area contributed by atoms with Crippen LogP contribution in [0, 0.1) is 5.92 Å². The van der Waals surface area contributed by atoms with Gasteiger partial charge < -0.3 is 29.2 Å². The van der Waals surface area contributed by atoms with Crippen LogP contribution >= 0.6 is 0 Å². The predicted octanol–water partition coefficient (Wildman–Crippen LogP) is 5.22. The zero-order valence-electron chi connectivity index (χ0n) is 29.7. The first kappa shape index (κ1) is 39.3. The third-order valence-corrected chi connectivity index (χ3v) is 8.20. The molecular formula is C38H51FN2O8. The van der Waals surface area contributed by atoms with Gasteiger partial charge in [-0.05, 0) is 68.8 Å². The molecule has 1 amide bonds. The molecule has 10 nitrogen and oxygen atoms in total. The maximum Gasteiger partial charge on any atom is 0.348 e. The van der Waals surface area contributed by atoms with E-state index in [0.717, 1.165) is 28.0 Å². The Morgan fingerprint density at radius 3 is 2.18 bits per heavy atom. The first-order valence-corrected chi connectivity index (χ1v) is 16.8. The van der Waals surface area contributed by atoms with Crippen LogP contribution < -0.4 is 5.32 Å². The summed E-state index contributed by atoms with van der Waals surface area (Å²) < 4.78 is 37.3. The van der Waals surface area contributed by atoms with E-state index in [2.05, 4.69) is 5.32 Å². The summed E-state index contributed by atoms with van der Waals surface area (Å²) >= 11 is 0. The van der Waals surface area contributed by atoms with E-state index in [1.165, 1.54) is 27.8 Å². The van der Waals surface area contributed by atoms with Crippen LogP contribution in [0.1, 0.15) is 70.6 Å². The molecule has 1 heterocycles. The van der Waals surface area contributed by atoms with Crippen LogP contribution in [0.2, 0.25) is 0 Å². The van der Waals surface area contributed by atoms with Crippen molar-refractivity contribution in [2.45, 2.75) is 96.9 Å². The highest BCUT2D eigenvalue weighted by Crippen LogP contribution is 2.24. The molecule has 2 aromatic rings. The van der Waals surface area contributed by atoms with Crippen molar-refractivity contribution in [2.24, 2.45) is 5.92 Å². The Hall–Kier alpha value is -4.09. The quantitative estimate of drug-likeness (QED) is 0.177. The molecule has 0 aliphatic carbocycles. The van der Waals surface area contributed by atoms with Gasteiger partial charge in [-0.25, -0.2) is 14.0 Å². The number of carbonyl (C=O) groups excluding carboxylic acids is 4. The molecule has 268 valence electrons. The summed E-state index contributed by atoms with van der Waals surface area (Å²) in [6.07, 6.45) is 0.210. The number of likely N-dealkylation sites (N-methyl/N-ethyl adjacent to an activating group) is 2. The summed E-state index contributed by atoms with van der Waals surface area (Å²) in [6.45, 7) is 9.01. The Bertz CT molecular complexity index is 1420. The summed E-state index contributed by atoms with van der Waals surface area (Å²) in [4.78, 5) is 54.5. The summed E-state index contributed by atoms with van der Waals surface area (Å²) in [5, 5.41) is 2.90. The number of ether oxygens (including phenoxy) is 4. The van der Waals surface area contributed by atoms with Crippen LogP contribution in [0.3, 0.4) is 0 Å². The number of hydrogen-bond acceptors (Lipinski definition) is 9. The predicted molar refractivity (Wildman–Crippen MR) is 184 cm³/mol. The van der Waals surface area contributed by atoms with E-state index in [-0.39, 0.29) is 18.9 Å². The summed E-state index contributed by atoms with van der Waals surface area (Å²) in [5.41, 5.74) is 1.74. The van der Waals surface area contributed by atoms with Gasteiger partial charge in [0.1, 0.15) is 24.4 Å². The zero-order valence-corrected chi connectivity index (χ0v) is 29.7. The highest BCUT2D eigenvalue weighted by Gasteiger charge is 2.39. The molecule has 1 N–H and O–H groups in total. The van der Waals surface area contributed by atoms with E-state index in [1.807, 2.05) is 62.4 Å². The molecule has 1 aliphatic rings. The molecule has 0 bridgehead atoms. The van der Waals surface area contributed by atoms with Crippen molar-refractivity contribution in [1.29, 1.82) is 0 Å². The number of halogens is 1. The number of benzene rings is 2. The van der Waals surface area contributed by atoms with Crippen molar-refractivity contribution in [2.75, 3.05) is 27.3 Å². The Kier molecular flexibility index (Phi) is 14.9. The lowest BCUT2D eigenvalue weighted by atomic mass is 9.98. The molecule has 11 heteroatoms. The smallest absolute Gasteiger partial charge is 0.348 e. The maximum atomic E-state index is 15.1. The van der Waals surface area contributed by atoms with Gasteiger partial charge in [0.15, 0.2) is 6.10 Å². The maximum absolute atomic E-state index is 15.1. The Balaban J connectivity index is 1.82. The lowest BCUT2D eigenvalue weighted by molar-refractivity contribution is -0.175. The van der Waals surface area contributed by atoms with Gasteiger partial charge in [-0.15, -0.1) is 0 Å². The summed E-state index contributed by atoms with van der Waals surface area (Å²) in [6, 6.07) is 14.6. The van der Waals surface area contributed by atoms with E-state index < -0.39 is 60.2 Å². The van der Waals surface area contributed by atoms with E-state index in [0.29, 0.717) is 25.2 Å². The van der Waals surface area contributed by atoms with Crippen molar-refractivity contribution in [3.8, 4) is 0 Å². The van der Waals surface area contributed by atoms with Crippen molar-refractivity contribution >= 4 is 29.4 Å². The second-order valence-corrected chi connectivity index (χ2v) is 13.4. The normalized spacial score (nSPS) is 15.7. The number of carbonyl (C=O) groups is 4. The Morgan fingerprint density at radius 2 is 1.61 bits per heavy atom. The minimum Gasteiger partial charge on any atom is -0.458 e. The van der Waals surface area contributed by atoms with Crippen molar-refractivity contribution in [3.63, 3.8) is 0 Å².